The van der Waals surface area contributed by atoms with Gasteiger partial charge in [0.25, 0.3) is 0 Å². The van der Waals surface area contributed by atoms with Gasteiger partial charge in [-0.1, -0.05) is 0 Å². The second-order valence-corrected chi connectivity index (χ2v) is 4.75. The molecule has 0 radical (unpaired) electrons. The topological polar surface area (TPSA) is 53.2 Å². The van der Waals surface area contributed by atoms with E-state index in [1.54, 1.807) is 0 Å². The fourth-order valence-corrected chi connectivity index (χ4v) is 2.81. The molecule has 1 amide bonds. The maximum absolute atomic E-state index is 11.9. The summed E-state index contributed by atoms with van der Waals surface area (Å²) >= 11 is 0. The van der Waals surface area contributed by atoms with Gasteiger partial charge in [-0.2, -0.15) is 0 Å². The predicted octanol–water partition coefficient (Wildman–Crippen LogP) is -0.363. The lowest BCUT2D eigenvalue weighted by atomic mass is 9.88. The average molecular weight is 232 g/mol. The van der Waals surface area contributed by atoms with Gasteiger partial charge in [0.05, 0.1) is 12.0 Å². The first-order valence-electron chi connectivity index (χ1n) is 5.60. The van der Waals surface area contributed by atoms with E-state index >= 15 is 0 Å². The molecule has 4 nitrogen and oxygen atoms in total. The molecule has 0 spiro atoms. The third-order valence-corrected chi connectivity index (χ3v) is 3.76. The molecule has 2 bridgehead atoms. The van der Waals surface area contributed by atoms with Gasteiger partial charge in [0.2, 0.25) is 5.91 Å². The number of rotatable bonds is 2. The Hall–Kier alpha value is -0.320. The van der Waals surface area contributed by atoms with Gasteiger partial charge in [-0.3, -0.25) is 4.79 Å². The minimum atomic E-state index is 0. The molecule has 3 heterocycles. The van der Waals surface area contributed by atoms with Gasteiger partial charge in [0.15, 0.2) is 0 Å². The summed E-state index contributed by atoms with van der Waals surface area (Å²) in [6.45, 7) is 1.89. The minimum Gasteiger partial charge on any atom is -0.351 e. The molecule has 3 rings (SSSR count). The summed E-state index contributed by atoms with van der Waals surface area (Å²) < 4.78 is 0. The van der Waals surface area contributed by atoms with Crippen LogP contribution >= 0.6 is 12.4 Å². The first-order valence-corrected chi connectivity index (χ1v) is 5.60. The Morgan fingerprint density at radius 3 is 2.53 bits per heavy atom. The highest BCUT2D eigenvalue weighted by atomic mass is 35.5. The number of amides is 1. The van der Waals surface area contributed by atoms with Crippen LogP contribution in [0.3, 0.4) is 0 Å². The third kappa shape index (κ3) is 1.98. The highest BCUT2D eigenvalue weighted by Crippen LogP contribution is 2.33. The van der Waals surface area contributed by atoms with Gasteiger partial charge in [-0.05, 0) is 19.3 Å². The molecular formula is C10H18ClN3O. The standard InChI is InChI=1S/C10H17N3O.ClH/c14-10(13-7-4-11-5-7)8-3-6-1-2-9(8)12-6;/h6-9,11-12H,1-5H2,(H,13,14);1H. The van der Waals surface area contributed by atoms with Crippen LogP contribution in [0.15, 0.2) is 0 Å². The summed E-state index contributed by atoms with van der Waals surface area (Å²) in [6.07, 6.45) is 3.50. The number of carbonyl (C=O) groups excluding carboxylic acids is 1. The van der Waals surface area contributed by atoms with Crippen LogP contribution in [-0.2, 0) is 4.79 Å². The maximum atomic E-state index is 11.9. The van der Waals surface area contributed by atoms with Gasteiger partial charge in [0, 0.05) is 25.2 Å². The van der Waals surface area contributed by atoms with Gasteiger partial charge in [-0.25, -0.2) is 0 Å². The fraction of sp³-hybridized carbons (Fsp3) is 0.900. The predicted molar refractivity (Wildman–Crippen MR) is 60.1 cm³/mol. The highest BCUT2D eigenvalue weighted by molar-refractivity contribution is 5.85. The molecule has 0 aromatic carbocycles. The van der Waals surface area contributed by atoms with Gasteiger partial charge in [0.1, 0.15) is 0 Å². The van der Waals surface area contributed by atoms with Crippen LogP contribution in [0.1, 0.15) is 19.3 Å². The minimum absolute atomic E-state index is 0. The van der Waals surface area contributed by atoms with Crippen molar-refractivity contribution in [1.82, 2.24) is 16.0 Å². The van der Waals surface area contributed by atoms with Crippen molar-refractivity contribution >= 4 is 18.3 Å². The van der Waals surface area contributed by atoms with E-state index in [1.807, 2.05) is 0 Å². The largest absolute Gasteiger partial charge is 0.351 e. The number of carbonyl (C=O) groups is 1. The zero-order valence-electron chi connectivity index (χ0n) is 8.66. The Morgan fingerprint density at radius 1 is 1.27 bits per heavy atom. The van der Waals surface area contributed by atoms with Crippen LogP contribution in [0.4, 0.5) is 0 Å². The zero-order valence-corrected chi connectivity index (χ0v) is 9.48. The lowest BCUT2D eigenvalue weighted by Crippen LogP contribution is -2.58. The van der Waals surface area contributed by atoms with Crippen molar-refractivity contribution in [3.63, 3.8) is 0 Å². The summed E-state index contributed by atoms with van der Waals surface area (Å²) in [4.78, 5) is 11.9. The van der Waals surface area contributed by atoms with Crippen molar-refractivity contribution in [3.05, 3.63) is 0 Å². The van der Waals surface area contributed by atoms with Crippen molar-refractivity contribution in [2.24, 2.45) is 5.92 Å². The second kappa shape index (κ2) is 4.28. The molecule has 3 aliphatic heterocycles. The van der Waals surface area contributed by atoms with Crippen molar-refractivity contribution in [2.75, 3.05) is 13.1 Å². The summed E-state index contributed by atoms with van der Waals surface area (Å²) in [7, 11) is 0. The van der Waals surface area contributed by atoms with Crippen LogP contribution < -0.4 is 16.0 Å². The molecule has 3 saturated heterocycles. The number of halogens is 1. The van der Waals surface area contributed by atoms with Crippen LogP contribution in [0, 0.1) is 5.92 Å². The lowest BCUT2D eigenvalue weighted by Gasteiger charge is -2.30. The highest BCUT2D eigenvalue weighted by Gasteiger charge is 2.43. The Kier molecular flexibility index (Phi) is 3.19. The summed E-state index contributed by atoms with van der Waals surface area (Å²) in [5, 5.41) is 9.75. The summed E-state index contributed by atoms with van der Waals surface area (Å²) in [5.41, 5.74) is 0. The number of hydrogen-bond donors (Lipinski definition) is 3. The molecule has 3 fully saturated rings. The molecule has 3 aliphatic rings. The van der Waals surface area contributed by atoms with Crippen molar-refractivity contribution < 1.29 is 4.79 Å². The van der Waals surface area contributed by atoms with Gasteiger partial charge < -0.3 is 16.0 Å². The lowest BCUT2D eigenvalue weighted by molar-refractivity contribution is -0.126. The Labute approximate surface area is 96.0 Å². The fourth-order valence-electron chi connectivity index (χ4n) is 2.81. The molecule has 0 aromatic heterocycles. The number of hydrogen-bond acceptors (Lipinski definition) is 3. The average Bonchev–Trinajstić information content (AvgIpc) is 2.71. The number of fused-ring (bicyclic) bond motifs is 2. The Balaban J connectivity index is 0.000000853. The van der Waals surface area contributed by atoms with E-state index in [2.05, 4.69) is 16.0 Å². The molecule has 0 aromatic rings. The smallest absolute Gasteiger partial charge is 0.225 e. The Bertz CT molecular complexity index is 257. The molecule has 0 saturated carbocycles. The molecule has 3 atom stereocenters. The quantitative estimate of drug-likeness (QED) is 0.608. The monoisotopic (exact) mass is 231 g/mol. The summed E-state index contributed by atoms with van der Waals surface area (Å²) in [5.74, 6) is 0.519. The molecule has 86 valence electrons. The maximum Gasteiger partial charge on any atom is 0.225 e. The van der Waals surface area contributed by atoms with Crippen LogP contribution in [0.5, 0.6) is 0 Å². The van der Waals surface area contributed by atoms with Gasteiger partial charge >= 0.3 is 0 Å². The summed E-state index contributed by atoms with van der Waals surface area (Å²) in [6, 6.07) is 1.48. The molecule has 3 N–H and O–H groups in total. The SMILES string of the molecule is Cl.O=C(NC1CNC1)C1CC2CCC1N2. The molecule has 15 heavy (non-hydrogen) atoms. The first kappa shape index (κ1) is 11.2. The van der Waals surface area contributed by atoms with E-state index in [1.165, 1.54) is 12.8 Å². The van der Waals surface area contributed by atoms with Crippen LogP contribution in [0.25, 0.3) is 0 Å². The molecule has 0 aliphatic carbocycles. The van der Waals surface area contributed by atoms with E-state index < -0.39 is 0 Å². The molecule has 3 unspecified atom stereocenters. The van der Waals surface area contributed by atoms with E-state index in [0.29, 0.717) is 18.1 Å². The van der Waals surface area contributed by atoms with Crippen molar-refractivity contribution in [2.45, 2.75) is 37.4 Å². The second-order valence-electron chi connectivity index (χ2n) is 4.75. The molecule has 5 heteroatoms. The van der Waals surface area contributed by atoms with Crippen LogP contribution in [-0.4, -0.2) is 37.1 Å². The normalized spacial score (nSPS) is 38.3. The van der Waals surface area contributed by atoms with E-state index in [9.17, 15) is 4.79 Å². The van der Waals surface area contributed by atoms with Gasteiger partial charge in [-0.15, -0.1) is 12.4 Å². The van der Waals surface area contributed by atoms with E-state index in [-0.39, 0.29) is 24.2 Å². The number of nitrogens with one attached hydrogen (secondary N) is 3. The van der Waals surface area contributed by atoms with Crippen molar-refractivity contribution in [3.8, 4) is 0 Å². The van der Waals surface area contributed by atoms with Crippen LogP contribution in [0.2, 0.25) is 0 Å². The molecular weight excluding hydrogens is 214 g/mol. The Morgan fingerprint density at radius 2 is 2.07 bits per heavy atom. The third-order valence-electron chi connectivity index (χ3n) is 3.76. The first-order chi connectivity index (χ1) is 6.83. The van der Waals surface area contributed by atoms with Crippen molar-refractivity contribution in [1.29, 1.82) is 0 Å². The van der Waals surface area contributed by atoms with E-state index in [4.69, 9.17) is 0 Å². The zero-order chi connectivity index (χ0) is 9.54. The van der Waals surface area contributed by atoms with E-state index in [0.717, 1.165) is 19.5 Å².